The highest BCUT2D eigenvalue weighted by Gasteiger charge is 2.02. The van der Waals surface area contributed by atoms with E-state index in [-0.39, 0.29) is 0 Å². The van der Waals surface area contributed by atoms with Crippen molar-refractivity contribution < 1.29 is 4.42 Å². The van der Waals surface area contributed by atoms with Crippen LogP contribution in [-0.2, 0) is 0 Å². The van der Waals surface area contributed by atoms with Crippen LogP contribution in [0, 0.1) is 0 Å². The van der Waals surface area contributed by atoms with Crippen LogP contribution in [-0.4, -0.2) is 0 Å². The Labute approximate surface area is 66.0 Å². The number of hydrogen-bond donors (Lipinski definition) is 0. The molecular weight excluding hydrogens is 136 g/mol. The number of furan rings is 1. The molecule has 1 aliphatic carbocycles. The van der Waals surface area contributed by atoms with Gasteiger partial charge in [0.1, 0.15) is 0 Å². The van der Waals surface area contributed by atoms with E-state index >= 15 is 0 Å². The molecule has 1 aromatic heterocycles. The van der Waals surface area contributed by atoms with Crippen molar-refractivity contribution in [2.75, 3.05) is 0 Å². The molecule has 1 nitrogen and oxygen atoms in total. The average molecular weight is 146 g/mol. The molecule has 0 radical (unpaired) electrons. The first-order valence-electron chi connectivity index (χ1n) is 3.85. The van der Waals surface area contributed by atoms with E-state index in [1.807, 2.05) is 6.07 Å². The quantitative estimate of drug-likeness (QED) is 0.593. The first kappa shape index (κ1) is 6.47. The molecule has 11 heavy (non-hydrogen) atoms. The predicted octanol–water partition coefficient (Wildman–Crippen LogP) is 3.01. The normalized spacial score (nSPS) is 16.5. The topological polar surface area (TPSA) is 13.1 Å². The molecule has 1 heteroatoms. The van der Waals surface area contributed by atoms with Gasteiger partial charge < -0.3 is 4.42 Å². The lowest BCUT2D eigenvalue weighted by atomic mass is 10.0. The summed E-state index contributed by atoms with van der Waals surface area (Å²) in [5.74, 6) is 0. The highest BCUT2D eigenvalue weighted by molar-refractivity contribution is 5.67. The number of rotatable bonds is 1. The minimum Gasteiger partial charge on any atom is -0.472 e. The van der Waals surface area contributed by atoms with Crippen LogP contribution in [0.1, 0.15) is 18.4 Å². The summed E-state index contributed by atoms with van der Waals surface area (Å²) in [6, 6.07) is 2.00. The Kier molecular flexibility index (Phi) is 1.64. The van der Waals surface area contributed by atoms with Gasteiger partial charge in [0, 0.05) is 5.56 Å². The van der Waals surface area contributed by atoms with E-state index < -0.39 is 0 Å². The molecule has 0 bridgehead atoms. The molecule has 1 aliphatic rings. The van der Waals surface area contributed by atoms with Crippen LogP contribution < -0.4 is 0 Å². The average Bonchev–Trinajstić information content (AvgIpc) is 2.58. The van der Waals surface area contributed by atoms with E-state index in [9.17, 15) is 0 Å². The van der Waals surface area contributed by atoms with Crippen LogP contribution in [0.5, 0.6) is 0 Å². The summed E-state index contributed by atoms with van der Waals surface area (Å²) in [5, 5.41) is 0. The molecule has 0 N–H and O–H groups in total. The number of hydrogen-bond acceptors (Lipinski definition) is 1. The Hall–Kier alpha value is -1.24. The molecular formula is C10H10O. The fourth-order valence-electron chi connectivity index (χ4n) is 1.29. The van der Waals surface area contributed by atoms with Crippen molar-refractivity contribution in [3.05, 3.63) is 42.4 Å². The lowest BCUT2D eigenvalue weighted by molar-refractivity contribution is 0.566. The summed E-state index contributed by atoms with van der Waals surface area (Å²) >= 11 is 0. The SMILES string of the molecule is C1=CCCC(c2ccoc2)=C1. The largest absolute Gasteiger partial charge is 0.472 e. The molecule has 1 heterocycles. The highest BCUT2D eigenvalue weighted by Crippen LogP contribution is 2.23. The number of allylic oxidation sites excluding steroid dienone is 4. The van der Waals surface area contributed by atoms with Gasteiger partial charge >= 0.3 is 0 Å². The molecule has 0 saturated heterocycles. The maximum atomic E-state index is 5.00. The minimum atomic E-state index is 1.13. The zero-order valence-corrected chi connectivity index (χ0v) is 6.29. The highest BCUT2D eigenvalue weighted by atomic mass is 16.3. The fourth-order valence-corrected chi connectivity index (χ4v) is 1.29. The van der Waals surface area contributed by atoms with Gasteiger partial charge in [0.15, 0.2) is 0 Å². The van der Waals surface area contributed by atoms with Crippen LogP contribution in [0.15, 0.2) is 41.2 Å². The van der Waals surface area contributed by atoms with Crippen LogP contribution in [0.25, 0.3) is 5.57 Å². The van der Waals surface area contributed by atoms with Crippen molar-refractivity contribution in [3.8, 4) is 0 Å². The summed E-state index contributed by atoms with van der Waals surface area (Å²) in [6.07, 6.45) is 12.2. The Morgan fingerprint density at radius 1 is 1.36 bits per heavy atom. The van der Waals surface area contributed by atoms with Gasteiger partial charge in [-0.1, -0.05) is 18.2 Å². The van der Waals surface area contributed by atoms with Crippen LogP contribution in [0.4, 0.5) is 0 Å². The van der Waals surface area contributed by atoms with Crippen molar-refractivity contribution >= 4 is 5.57 Å². The Balaban J connectivity index is 2.29. The Morgan fingerprint density at radius 3 is 3.00 bits per heavy atom. The fraction of sp³-hybridized carbons (Fsp3) is 0.200. The van der Waals surface area contributed by atoms with Crippen LogP contribution in [0.3, 0.4) is 0 Å². The molecule has 0 spiro atoms. The molecule has 0 aliphatic heterocycles. The molecule has 0 amide bonds. The van der Waals surface area contributed by atoms with Gasteiger partial charge in [-0.3, -0.25) is 0 Å². The van der Waals surface area contributed by atoms with E-state index in [0.717, 1.165) is 12.8 Å². The van der Waals surface area contributed by atoms with Gasteiger partial charge in [-0.05, 0) is 24.5 Å². The molecule has 0 fully saturated rings. The first-order valence-corrected chi connectivity index (χ1v) is 3.85. The summed E-state index contributed by atoms with van der Waals surface area (Å²) in [7, 11) is 0. The van der Waals surface area contributed by atoms with E-state index in [0.29, 0.717) is 0 Å². The third-order valence-corrected chi connectivity index (χ3v) is 1.91. The third-order valence-electron chi connectivity index (χ3n) is 1.91. The second kappa shape index (κ2) is 2.79. The van der Waals surface area contributed by atoms with E-state index in [1.165, 1.54) is 11.1 Å². The third kappa shape index (κ3) is 1.27. The Morgan fingerprint density at radius 2 is 2.36 bits per heavy atom. The zero-order valence-electron chi connectivity index (χ0n) is 6.29. The second-order valence-electron chi connectivity index (χ2n) is 2.67. The van der Waals surface area contributed by atoms with Crippen molar-refractivity contribution in [1.82, 2.24) is 0 Å². The molecule has 0 atom stereocenters. The summed E-state index contributed by atoms with van der Waals surface area (Å²) in [5.41, 5.74) is 2.59. The van der Waals surface area contributed by atoms with Gasteiger partial charge in [-0.15, -0.1) is 0 Å². The van der Waals surface area contributed by atoms with Gasteiger partial charge in [0.05, 0.1) is 12.5 Å². The maximum absolute atomic E-state index is 5.00. The lowest BCUT2D eigenvalue weighted by Crippen LogP contribution is -1.84. The summed E-state index contributed by atoms with van der Waals surface area (Å²) in [4.78, 5) is 0. The Bertz CT molecular complexity index is 278. The van der Waals surface area contributed by atoms with E-state index in [2.05, 4.69) is 18.2 Å². The van der Waals surface area contributed by atoms with Gasteiger partial charge in [-0.2, -0.15) is 0 Å². The smallest absolute Gasteiger partial charge is 0.0977 e. The first-order chi connectivity index (χ1) is 5.47. The van der Waals surface area contributed by atoms with Gasteiger partial charge in [0.25, 0.3) is 0 Å². The zero-order chi connectivity index (χ0) is 7.52. The molecule has 1 aromatic rings. The minimum absolute atomic E-state index is 1.13. The van der Waals surface area contributed by atoms with E-state index in [4.69, 9.17) is 4.42 Å². The van der Waals surface area contributed by atoms with Crippen molar-refractivity contribution in [1.29, 1.82) is 0 Å². The maximum Gasteiger partial charge on any atom is 0.0977 e. The summed E-state index contributed by atoms with van der Waals surface area (Å²) in [6.45, 7) is 0. The van der Waals surface area contributed by atoms with Gasteiger partial charge in [-0.25, -0.2) is 0 Å². The standard InChI is InChI=1S/C10H10O/c1-2-4-9(5-3-1)10-6-7-11-8-10/h1-2,4,6-8H,3,5H2. The van der Waals surface area contributed by atoms with Gasteiger partial charge in [0.2, 0.25) is 0 Å². The molecule has 0 aromatic carbocycles. The molecule has 0 saturated carbocycles. The van der Waals surface area contributed by atoms with E-state index in [1.54, 1.807) is 12.5 Å². The van der Waals surface area contributed by atoms with Crippen molar-refractivity contribution in [2.45, 2.75) is 12.8 Å². The van der Waals surface area contributed by atoms with Crippen LogP contribution in [0.2, 0.25) is 0 Å². The summed E-state index contributed by atoms with van der Waals surface area (Å²) < 4.78 is 5.00. The molecule has 2 rings (SSSR count). The molecule has 0 unspecified atom stereocenters. The second-order valence-corrected chi connectivity index (χ2v) is 2.67. The van der Waals surface area contributed by atoms with Crippen LogP contribution >= 0.6 is 0 Å². The van der Waals surface area contributed by atoms with Crippen molar-refractivity contribution in [3.63, 3.8) is 0 Å². The monoisotopic (exact) mass is 146 g/mol. The van der Waals surface area contributed by atoms with Crippen molar-refractivity contribution in [2.24, 2.45) is 0 Å². The predicted molar refractivity (Wildman–Crippen MR) is 45.1 cm³/mol. The lowest BCUT2D eigenvalue weighted by Gasteiger charge is -2.04. The molecule has 56 valence electrons.